The molecule has 0 saturated carbocycles. The fourth-order valence-corrected chi connectivity index (χ4v) is 0.665. The quantitative estimate of drug-likeness (QED) is 0.368. The van der Waals surface area contributed by atoms with Crippen molar-refractivity contribution in [3.63, 3.8) is 0 Å². The molecule has 1 amide bonds. The van der Waals surface area contributed by atoms with Gasteiger partial charge in [-0.3, -0.25) is 4.79 Å². The molecule has 1 rings (SSSR count). The van der Waals surface area contributed by atoms with Crippen LogP contribution in [0, 0.1) is 15.3 Å². The zero-order chi connectivity index (χ0) is 11.1. The second-order valence-electron chi connectivity index (χ2n) is 2.34. The predicted octanol–water partition coefficient (Wildman–Crippen LogP) is -0.629. The zero-order valence-electron chi connectivity index (χ0n) is 7.41. The highest BCUT2D eigenvalue weighted by molar-refractivity contribution is 5.92. The first-order valence-electron chi connectivity index (χ1n) is 3.50. The Kier molecular flexibility index (Phi) is 4.61. The van der Waals surface area contributed by atoms with Crippen molar-refractivity contribution in [2.45, 2.75) is 0 Å². The van der Waals surface area contributed by atoms with Crippen LogP contribution >= 0.6 is 0 Å². The molecule has 14 heavy (non-hydrogen) atoms. The number of pyridine rings is 1. The minimum Gasteiger partial charge on any atom is -0.366 e. The van der Waals surface area contributed by atoms with E-state index in [0.29, 0.717) is 5.56 Å². The van der Waals surface area contributed by atoms with Crippen LogP contribution in [0.1, 0.15) is 10.4 Å². The third-order valence-electron chi connectivity index (χ3n) is 1.26. The number of nitrogens with two attached hydrogens (primary N) is 1. The number of primary amides is 1. The Balaban J connectivity index is 0.000000364. The van der Waals surface area contributed by atoms with E-state index in [1.165, 1.54) is 0 Å². The standard InChI is InChI=1S/C7H8N2O.NO3/c1-9-4-2-6(3-5-9)7(8)10;2-1(3)4/h2-5H,1H3,(H-,8,10);/q;-1/p+1. The molecule has 0 atom stereocenters. The van der Waals surface area contributed by atoms with Gasteiger partial charge in [0.1, 0.15) is 7.05 Å². The largest absolute Gasteiger partial charge is 0.366 e. The Labute approximate surface area is 79.5 Å². The maximum Gasteiger partial charge on any atom is 0.249 e. The molecule has 0 aliphatic rings. The number of hydrogen-bond donors (Lipinski definition) is 1. The third-order valence-corrected chi connectivity index (χ3v) is 1.26. The summed E-state index contributed by atoms with van der Waals surface area (Å²) in [6, 6.07) is 3.37. The molecule has 0 aliphatic carbocycles. The number of aromatic nitrogens is 1. The first-order valence-corrected chi connectivity index (χ1v) is 3.50. The van der Waals surface area contributed by atoms with Crippen LogP contribution in [-0.4, -0.2) is 11.0 Å². The molecule has 0 aromatic carbocycles. The molecule has 0 fully saturated rings. The Hall–Kier alpha value is -2.18. The van der Waals surface area contributed by atoms with Crippen molar-refractivity contribution in [2.24, 2.45) is 12.8 Å². The van der Waals surface area contributed by atoms with Gasteiger partial charge in [0.2, 0.25) is 5.91 Å². The molecule has 0 radical (unpaired) electrons. The van der Waals surface area contributed by atoms with Gasteiger partial charge in [-0.2, -0.15) is 0 Å². The second kappa shape index (κ2) is 5.46. The molecule has 0 spiro atoms. The average Bonchev–Trinajstić information content (AvgIpc) is 2.03. The molecule has 0 unspecified atom stereocenters. The number of amides is 1. The zero-order valence-corrected chi connectivity index (χ0v) is 7.41. The lowest BCUT2D eigenvalue weighted by atomic mass is 10.2. The van der Waals surface area contributed by atoms with Crippen molar-refractivity contribution in [3.05, 3.63) is 45.4 Å². The minimum atomic E-state index is -1.75. The van der Waals surface area contributed by atoms with Gasteiger partial charge in [0, 0.05) is 12.1 Å². The van der Waals surface area contributed by atoms with E-state index in [2.05, 4.69) is 0 Å². The molecule has 1 aromatic heterocycles. The van der Waals surface area contributed by atoms with E-state index >= 15 is 0 Å². The van der Waals surface area contributed by atoms with Crippen LogP contribution in [0.3, 0.4) is 0 Å². The van der Waals surface area contributed by atoms with Crippen molar-refractivity contribution in [2.75, 3.05) is 0 Å². The van der Waals surface area contributed by atoms with Crippen LogP contribution in [0.4, 0.5) is 0 Å². The Morgan fingerprint density at radius 2 is 1.79 bits per heavy atom. The fraction of sp³-hybridized carbons (Fsp3) is 0.143. The average molecular weight is 199 g/mol. The Morgan fingerprint density at radius 1 is 1.43 bits per heavy atom. The van der Waals surface area contributed by atoms with Crippen LogP contribution in [0.5, 0.6) is 0 Å². The van der Waals surface area contributed by atoms with E-state index in [1.54, 1.807) is 24.5 Å². The van der Waals surface area contributed by atoms with Gasteiger partial charge in [0.25, 0.3) is 0 Å². The van der Waals surface area contributed by atoms with Crippen molar-refractivity contribution in [3.8, 4) is 0 Å². The maximum absolute atomic E-state index is 10.5. The lowest BCUT2D eigenvalue weighted by molar-refractivity contribution is -0.671. The molecule has 76 valence electrons. The van der Waals surface area contributed by atoms with Gasteiger partial charge in [-0.15, -0.1) is 0 Å². The van der Waals surface area contributed by atoms with Crippen molar-refractivity contribution in [1.29, 1.82) is 0 Å². The van der Waals surface area contributed by atoms with Crippen molar-refractivity contribution < 1.29 is 14.4 Å². The lowest BCUT2D eigenvalue weighted by Gasteiger charge is -1.89. The number of carbonyl (C=O) groups is 1. The molecule has 0 aliphatic heterocycles. The molecule has 1 aromatic rings. The number of aryl methyl sites for hydroxylation is 1. The predicted molar refractivity (Wildman–Crippen MR) is 46.5 cm³/mol. The van der Waals surface area contributed by atoms with Crippen LogP contribution in [0.15, 0.2) is 24.5 Å². The summed E-state index contributed by atoms with van der Waals surface area (Å²) in [4.78, 5) is 18.8. The van der Waals surface area contributed by atoms with Gasteiger partial charge < -0.3 is 21.1 Å². The monoisotopic (exact) mass is 199 g/mol. The molecule has 7 nitrogen and oxygen atoms in total. The summed E-state index contributed by atoms with van der Waals surface area (Å²) in [5.41, 5.74) is 5.56. The van der Waals surface area contributed by atoms with Gasteiger partial charge in [0.15, 0.2) is 12.4 Å². The molecule has 7 heteroatoms. The molecule has 0 bridgehead atoms. The highest BCUT2D eigenvalue weighted by Gasteiger charge is 1.99. The van der Waals surface area contributed by atoms with Crippen LogP contribution in [-0.2, 0) is 7.05 Å². The molecule has 2 N–H and O–H groups in total. The van der Waals surface area contributed by atoms with Gasteiger partial charge >= 0.3 is 0 Å². The van der Waals surface area contributed by atoms with E-state index in [1.807, 2.05) is 11.6 Å². The third kappa shape index (κ3) is 5.47. The number of hydrogen-bond acceptors (Lipinski definition) is 4. The summed E-state index contributed by atoms with van der Waals surface area (Å²) in [7, 11) is 1.88. The van der Waals surface area contributed by atoms with Crippen LogP contribution in [0.25, 0.3) is 0 Å². The summed E-state index contributed by atoms with van der Waals surface area (Å²) in [5, 5.41) is 14.8. The number of nitrogens with zero attached hydrogens (tertiary/aromatic N) is 2. The van der Waals surface area contributed by atoms with Crippen LogP contribution < -0.4 is 10.3 Å². The first-order chi connectivity index (χ1) is 6.43. The lowest BCUT2D eigenvalue weighted by Crippen LogP contribution is -2.27. The minimum absolute atomic E-state index is 0.388. The maximum atomic E-state index is 10.5. The Bertz CT molecular complexity index is 318. The summed E-state index contributed by atoms with van der Waals surface area (Å²) < 4.78 is 1.84. The van der Waals surface area contributed by atoms with Gasteiger partial charge in [-0.05, 0) is 0 Å². The molecule has 0 saturated heterocycles. The van der Waals surface area contributed by atoms with Crippen molar-refractivity contribution in [1.82, 2.24) is 0 Å². The first kappa shape index (κ1) is 11.8. The molecule has 1 heterocycles. The molecular formula is C7H9N3O4. The fourth-order valence-electron chi connectivity index (χ4n) is 0.665. The normalized spacial score (nSPS) is 8.36. The summed E-state index contributed by atoms with van der Waals surface area (Å²) in [5.74, 6) is -0.388. The summed E-state index contributed by atoms with van der Waals surface area (Å²) in [6.07, 6.45) is 3.56. The highest BCUT2D eigenvalue weighted by atomic mass is 16.9. The van der Waals surface area contributed by atoms with E-state index in [0.717, 1.165) is 0 Å². The van der Waals surface area contributed by atoms with Gasteiger partial charge in [-0.1, -0.05) is 0 Å². The summed E-state index contributed by atoms with van der Waals surface area (Å²) in [6.45, 7) is 0. The van der Waals surface area contributed by atoms with E-state index in [-0.39, 0.29) is 5.91 Å². The number of rotatable bonds is 1. The smallest absolute Gasteiger partial charge is 0.249 e. The van der Waals surface area contributed by atoms with Gasteiger partial charge in [0.05, 0.1) is 10.7 Å². The summed E-state index contributed by atoms with van der Waals surface area (Å²) >= 11 is 0. The van der Waals surface area contributed by atoms with E-state index in [9.17, 15) is 4.79 Å². The highest BCUT2D eigenvalue weighted by Crippen LogP contribution is 1.90. The molecular weight excluding hydrogens is 190 g/mol. The van der Waals surface area contributed by atoms with E-state index in [4.69, 9.17) is 21.1 Å². The van der Waals surface area contributed by atoms with Gasteiger partial charge in [-0.25, -0.2) is 4.57 Å². The SMILES string of the molecule is C[n+]1ccc(C(N)=O)cc1.O=[N+]([O-])[O-]. The number of carbonyl (C=O) groups excluding carboxylic acids is 1. The Morgan fingerprint density at radius 3 is 2.07 bits per heavy atom. The van der Waals surface area contributed by atoms with Crippen LogP contribution in [0.2, 0.25) is 0 Å². The second-order valence-corrected chi connectivity index (χ2v) is 2.34. The van der Waals surface area contributed by atoms with Crippen molar-refractivity contribution >= 4 is 5.91 Å². The topological polar surface area (TPSA) is 113 Å². The van der Waals surface area contributed by atoms with E-state index < -0.39 is 5.09 Å².